The zero-order valence-electron chi connectivity index (χ0n) is 13.1. The monoisotopic (exact) mass is 317 g/mol. The number of aromatic nitrogens is 1. The molecule has 1 unspecified atom stereocenters. The Labute approximate surface area is 133 Å². The number of nitrogens with zero attached hydrogens (tertiary/aromatic N) is 1. The van der Waals surface area contributed by atoms with Crippen molar-refractivity contribution in [3.8, 4) is 11.5 Å². The van der Waals surface area contributed by atoms with Crippen LogP contribution in [0.4, 0.5) is 0 Å². The molecular weight excluding hydrogens is 298 g/mol. The van der Waals surface area contributed by atoms with Gasteiger partial charge in [0.05, 0.1) is 25.7 Å². The molecule has 1 saturated heterocycles. The molecule has 7 nitrogen and oxygen atoms in total. The maximum absolute atomic E-state index is 12.6. The lowest BCUT2D eigenvalue weighted by atomic mass is 10.1. The Morgan fingerprint density at radius 3 is 2.65 bits per heavy atom. The van der Waals surface area contributed by atoms with Crippen LogP contribution in [-0.4, -0.2) is 49.0 Å². The number of benzene rings is 1. The van der Waals surface area contributed by atoms with E-state index in [1.165, 1.54) is 0 Å². The average Bonchev–Trinajstić information content (AvgIpc) is 3.19. The number of nitrogens with one attached hydrogen (secondary N) is 1. The summed E-state index contributed by atoms with van der Waals surface area (Å²) in [4.78, 5) is 28.6. The zero-order chi connectivity index (χ0) is 16.6. The number of primary amides is 1. The normalized spacial score (nSPS) is 17.5. The molecule has 0 spiro atoms. The second-order valence-electron chi connectivity index (χ2n) is 5.62. The lowest BCUT2D eigenvalue weighted by Crippen LogP contribution is -2.31. The van der Waals surface area contributed by atoms with Crippen molar-refractivity contribution < 1.29 is 19.1 Å². The van der Waals surface area contributed by atoms with E-state index in [4.69, 9.17) is 15.2 Å². The third-order valence-corrected chi connectivity index (χ3v) is 4.23. The Balaban J connectivity index is 1.91. The molecular formula is C16H19N3O4. The van der Waals surface area contributed by atoms with Crippen molar-refractivity contribution in [2.24, 2.45) is 11.7 Å². The number of carbonyl (C=O) groups excluding carboxylic acids is 2. The number of rotatable bonds is 4. The van der Waals surface area contributed by atoms with Gasteiger partial charge in [0.25, 0.3) is 5.91 Å². The van der Waals surface area contributed by atoms with Crippen LogP contribution in [0.25, 0.3) is 10.9 Å². The second kappa shape index (κ2) is 5.83. The number of fused-ring (bicyclic) bond motifs is 1. The highest BCUT2D eigenvalue weighted by molar-refractivity contribution is 6.00. The molecule has 0 aliphatic carbocycles. The molecule has 0 radical (unpaired) electrons. The van der Waals surface area contributed by atoms with E-state index in [-0.39, 0.29) is 17.7 Å². The standard InChI is InChI=1S/C16H19N3O4/c1-22-11-5-10-6-12(18-14(10)13(7-11)23-2)16(21)19-4-3-9(8-19)15(17)20/h5-7,9,18H,3-4,8H2,1-2H3,(H2,17,20). The topological polar surface area (TPSA) is 97.7 Å². The van der Waals surface area contributed by atoms with Crippen molar-refractivity contribution >= 4 is 22.7 Å². The number of carbonyl (C=O) groups is 2. The van der Waals surface area contributed by atoms with Crippen LogP contribution in [0.15, 0.2) is 18.2 Å². The lowest BCUT2D eigenvalue weighted by molar-refractivity contribution is -0.121. The highest BCUT2D eigenvalue weighted by atomic mass is 16.5. The number of likely N-dealkylation sites (tertiary alicyclic amines) is 1. The molecule has 2 aromatic rings. The molecule has 1 atom stereocenters. The molecule has 2 heterocycles. The fourth-order valence-electron chi connectivity index (χ4n) is 2.93. The minimum absolute atomic E-state index is 0.147. The third-order valence-electron chi connectivity index (χ3n) is 4.23. The van der Waals surface area contributed by atoms with Gasteiger partial charge in [-0.25, -0.2) is 0 Å². The van der Waals surface area contributed by atoms with Gasteiger partial charge in [-0.3, -0.25) is 9.59 Å². The highest BCUT2D eigenvalue weighted by Crippen LogP contribution is 2.31. The van der Waals surface area contributed by atoms with E-state index in [0.29, 0.717) is 36.7 Å². The number of nitrogens with two attached hydrogens (primary N) is 1. The molecule has 1 aliphatic heterocycles. The summed E-state index contributed by atoms with van der Waals surface area (Å²) in [5, 5.41) is 0.829. The van der Waals surface area contributed by atoms with Gasteiger partial charge in [-0.05, 0) is 18.6 Å². The molecule has 1 aliphatic rings. The maximum Gasteiger partial charge on any atom is 0.270 e. The summed E-state index contributed by atoms with van der Waals surface area (Å²) in [6.07, 6.45) is 0.610. The first-order chi connectivity index (χ1) is 11.0. The van der Waals surface area contributed by atoms with Gasteiger partial charge in [-0.2, -0.15) is 0 Å². The Kier molecular flexibility index (Phi) is 3.85. The van der Waals surface area contributed by atoms with Gasteiger partial charge in [0.2, 0.25) is 5.91 Å². The van der Waals surface area contributed by atoms with E-state index in [1.807, 2.05) is 6.07 Å². The second-order valence-corrected chi connectivity index (χ2v) is 5.62. The smallest absolute Gasteiger partial charge is 0.270 e. The van der Waals surface area contributed by atoms with Crippen molar-refractivity contribution in [3.63, 3.8) is 0 Å². The van der Waals surface area contributed by atoms with Crippen LogP contribution in [0.2, 0.25) is 0 Å². The zero-order valence-corrected chi connectivity index (χ0v) is 13.1. The quantitative estimate of drug-likeness (QED) is 0.883. The lowest BCUT2D eigenvalue weighted by Gasteiger charge is -2.14. The number of ether oxygens (including phenoxy) is 2. The van der Waals surface area contributed by atoms with E-state index >= 15 is 0 Å². The van der Waals surface area contributed by atoms with Crippen LogP contribution >= 0.6 is 0 Å². The van der Waals surface area contributed by atoms with Gasteiger partial charge in [-0.15, -0.1) is 0 Å². The molecule has 122 valence electrons. The minimum atomic E-state index is -0.358. The van der Waals surface area contributed by atoms with E-state index in [1.54, 1.807) is 31.3 Å². The highest BCUT2D eigenvalue weighted by Gasteiger charge is 2.30. The molecule has 23 heavy (non-hydrogen) atoms. The number of methoxy groups -OCH3 is 2. The van der Waals surface area contributed by atoms with E-state index in [9.17, 15) is 9.59 Å². The van der Waals surface area contributed by atoms with Crippen molar-refractivity contribution in [2.45, 2.75) is 6.42 Å². The first-order valence-electron chi connectivity index (χ1n) is 7.36. The van der Waals surface area contributed by atoms with Gasteiger partial charge < -0.3 is 25.1 Å². The van der Waals surface area contributed by atoms with Crippen LogP contribution in [0, 0.1) is 5.92 Å². The van der Waals surface area contributed by atoms with Gasteiger partial charge in [0.15, 0.2) is 0 Å². The van der Waals surface area contributed by atoms with Gasteiger partial charge in [-0.1, -0.05) is 0 Å². The summed E-state index contributed by atoms with van der Waals surface area (Å²) in [6, 6.07) is 5.35. The van der Waals surface area contributed by atoms with Crippen LogP contribution in [-0.2, 0) is 4.79 Å². The van der Waals surface area contributed by atoms with Crippen LogP contribution in [0.5, 0.6) is 11.5 Å². The number of hydrogen-bond acceptors (Lipinski definition) is 4. The number of amides is 2. The van der Waals surface area contributed by atoms with Crippen LogP contribution in [0.1, 0.15) is 16.9 Å². The average molecular weight is 317 g/mol. The molecule has 3 N–H and O–H groups in total. The first kappa shape index (κ1) is 15.2. The van der Waals surface area contributed by atoms with E-state index in [0.717, 1.165) is 10.9 Å². The predicted octanol–water partition coefficient (Wildman–Crippen LogP) is 1.13. The Bertz CT molecular complexity index is 768. The van der Waals surface area contributed by atoms with Gasteiger partial charge >= 0.3 is 0 Å². The van der Waals surface area contributed by atoms with Crippen LogP contribution < -0.4 is 15.2 Å². The first-order valence-corrected chi connectivity index (χ1v) is 7.36. The summed E-state index contributed by atoms with van der Waals surface area (Å²) in [5.41, 5.74) is 6.51. The summed E-state index contributed by atoms with van der Waals surface area (Å²) in [5.74, 6) is 0.490. The molecule has 1 fully saturated rings. The molecule has 0 bridgehead atoms. The van der Waals surface area contributed by atoms with Crippen molar-refractivity contribution in [2.75, 3.05) is 27.3 Å². The largest absolute Gasteiger partial charge is 0.497 e. The Morgan fingerprint density at radius 2 is 2.04 bits per heavy atom. The van der Waals surface area contributed by atoms with Crippen molar-refractivity contribution in [3.05, 3.63) is 23.9 Å². The molecule has 1 aromatic heterocycles. The van der Waals surface area contributed by atoms with E-state index in [2.05, 4.69) is 4.98 Å². The predicted molar refractivity (Wildman–Crippen MR) is 84.6 cm³/mol. The van der Waals surface area contributed by atoms with Crippen molar-refractivity contribution in [1.82, 2.24) is 9.88 Å². The summed E-state index contributed by atoms with van der Waals surface area (Å²) in [7, 11) is 3.14. The summed E-state index contributed by atoms with van der Waals surface area (Å²) in [6.45, 7) is 0.895. The molecule has 0 saturated carbocycles. The van der Waals surface area contributed by atoms with E-state index < -0.39 is 0 Å². The van der Waals surface area contributed by atoms with Crippen LogP contribution in [0.3, 0.4) is 0 Å². The minimum Gasteiger partial charge on any atom is -0.497 e. The fraction of sp³-hybridized carbons (Fsp3) is 0.375. The fourth-order valence-corrected chi connectivity index (χ4v) is 2.93. The van der Waals surface area contributed by atoms with Gasteiger partial charge in [0, 0.05) is 24.5 Å². The number of hydrogen-bond donors (Lipinski definition) is 2. The molecule has 3 rings (SSSR count). The molecule has 7 heteroatoms. The number of H-pyrrole nitrogens is 1. The maximum atomic E-state index is 12.6. The number of aromatic amines is 1. The van der Waals surface area contributed by atoms with Gasteiger partial charge in [0.1, 0.15) is 17.2 Å². The van der Waals surface area contributed by atoms with Crippen molar-refractivity contribution in [1.29, 1.82) is 0 Å². The Morgan fingerprint density at radius 1 is 1.26 bits per heavy atom. The summed E-state index contributed by atoms with van der Waals surface area (Å²) < 4.78 is 10.6. The molecule has 1 aromatic carbocycles. The Hall–Kier alpha value is -2.70. The third kappa shape index (κ3) is 2.69. The molecule has 2 amide bonds. The SMILES string of the molecule is COc1cc(OC)c2[nH]c(C(=O)N3CCC(C(N)=O)C3)cc2c1. The summed E-state index contributed by atoms with van der Waals surface area (Å²) >= 11 is 0.